The lowest BCUT2D eigenvalue weighted by Gasteiger charge is -2.44. The molecule has 9 heteroatoms. The van der Waals surface area contributed by atoms with Crippen LogP contribution in [-0.2, 0) is 27.4 Å². The second-order valence-corrected chi connectivity index (χ2v) is 9.46. The van der Waals surface area contributed by atoms with Crippen LogP contribution in [0.3, 0.4) is 0 Å². The van der Waals surface area contributed by atoms with Gasteiger partial charge in [0.05, 0.1) is 17.2 Å². The zero-order valence-electron chi connectivity index (χ0n) is 15.2. The summed E-state index contributed by atoms with van der Waals surface area (Å²) in [4.78, 5) is 14.2. The molecule has 1 saturated carbocycles. The van der Waals surface area contributed by atoms with Gasteiger partial charge in [0.25, 0.3) is 0 Å². The van der Waals surface area contributed by atoms with Gasteiger partial charge in [-0.3, -0.25) is 4.79 Å². The van der Waals surface area contributed by atoms with E-state index in [1.807, 2.05) is 0 Å². The van der Waals surface area contributed by atoms with Gasteiger partial charge in [-0.2, -0.15) is 17.5 Å². The highest BCUT2D eigenvalue weighted by Gasteiger charge is 2.46. The van der Waals surface area contributed by atoms with Crippen LogP contribution in [0.15, 0.2) is 24.3 Å². The molecule has 0 spiro atoms. The zero-order chi connectivity index (χ0) is 20.0. The average molecular weight is 404 g/mol. The number of hydrogen-bond acceptors (Lipinski definition) is 3. The van der Waals surface area contributed by atoms with E-state index in [-0.39, 0.29) is 42.8 Å². The van der Waals surface area contributed by atoms with Crippen molar-refractivity contribution in [3.63, 3.8) is 0 Å². The molecule has 1 aromatic rings. The number of rotatable bonds is 4. The lowest BCUT2D eigenvalue weighted by atomic mass is 10.0. The van der Waals surface area contributed by atoms with Crippen LogP contribution in [0.2, 0.25) is 0 Å². The van der Waals surface area contributed by atoms with E-state index in [1.165, 1.54) is 16.4 Å². The van der Waals surface area contributed by atoms with Gasteiger partial charge >= 0.3 is 6.18 Å². The van der Waals surface area contributed by atoms with Crippen LogP contribution in [-0.4, -0.2) is 54.0 Å². The predicted molar refractivity (Wildman–Crippen MR) is 94.4 cm³/mol. The summed E-state index contributed by atoms with van der Waals surface area (Å²) in [5.41, 5.74) is -0.489. The van der Waals surface area contributed by atoms with E-state index in [0.717, 1.165) is 12.1 Å². The Kier molecular flexibility index (Phi) is 5.28. The van der Waals surface area contributed by atoms with Crippen molar-refractivity contribution in [3.05, 3.63) is 35.4 Å². The minimum Gasteiger partial charge on any atom is -0.337 e. The molecular formula is C18H23F3N2O3S. The molecule has 27 heavy (non-hydrogen) atoms. The van der Waals surface area contributed by atoms with Crippen molar-refractivity contribution in [2.75, 3.05) is 13.1 Å². The van der Waals surface area contributed by atoms with E-state index < -0.39 is 21.8 Å². The van der Waals surface area contributed by atoms with Crippen LogP contribution in [0.5, 0.6) is 0 Å². The van der Waals surface area contributed by atoms with E-state index in [9.17, 15) is 26.4 Å². The fraction of sp³-hybridized carbons (Fsp3) is 0.611. The number of sulfonamides is 1. The van der Waals surface area contributed by atoms with Crippen LogP contribution in [0, 0.1) is 0 Å². The number of benzene rings is 1. The van der Waals surface area contributed by atoms with Gasteiger partial charge in [0.15, 0.2) is 0 Å². The van der Waals surface area contributed by atoms with Crippen LogP contribution >= 0.6 is 0 Å². The lowest BCUT2D eigenvalue weighted by Crippen LogP contribution is -2.60. The van der Waals surface area contributed by atoms with Gasteiger partial charge in [-0.1, -0.05) is 18.2 Å². The van der Waals surface area contributed by atoms with E-state index in [0.29, 0.717) is 18.4 Å². The van der Waals surface area contributed by atoms with Crippen LogP contribution in [0.4, 0.5) is 13.2 Å². The van der Waals surface area contributed by atoms with Crippen molar-refractivity contribution in [1.82, 2.24) is 9.21 Å². The van der Waals surface area contributed by atoms with Crippen molar-refractivity contribution < 1.29 is 26.4 Å². The van der Waals surface area contributed by atoms with Crippen molar-refractivity contribution in [2.24, 2.45) is 0 Å². The second kappa shape index (κ2) is 7.09. The summed E-state index contributed by atoms with van der Waals surface area (Å²) >= 11 is 0. The SMILES string of the molecule is C[C@@H]1[C@@H](C)N(S(=O)(=O)C2CC2)CCN1C(=O)Cc1cccc(C(F)(F)F)c1. The molecule has 0 radical (unpaired) electrons. The molecule has 2 atom stereocenters. The maximum Gasteiger partial charge on any atom is 0.416 e. The summed E-state index contributed by atoms with van der Waals surface area (Å²) in [6.45, 7) is 4.02. The Hall–Kier alpha value is -1.61. The van der Waals surface area contributed by atoms with Gasteiger partial charge in [0, 0.05) is 25.2 Å². The van der Waals surface area contributed by atoms with Gasteiger partial charge in [-0.25, -0.2) is 8.42 Å². The van der Waals surface area contributed by atoms with Gasteiger partial charge < -0.3 is 4.90 Å². The number of piperazine rings is 1. The number of nitrogens with zero attached hydrogens (tertiary/aromatic N) is 2. The third-order valence-corrected chi connectivity index (χ3v) is 7.89. The van der Waals surface area contributed by atoms with Crippen LogP contribution < -0.4 is 0 Å². The van der Waals surface area contributed by atoms with Crippen LogP contribution in [0.25, 0.3) is 0 Å². The number of amides is 1. The Morgan fingerprint density at radius 2 is 1.81 bits per heavy atom. The first-order chi connectivity index (χ1) is 12.5. The summed E-state index contributed by atoms with van der Waals surface area (Å²) in [6.07, 6.45) is -3.24. The highest BCUT2D eigenvalue weighted by atomic mass is 32.2. The normalized spacial score (nSPS) is 24.9. The van der Waals surface area contributed by atoms with Gasteiger partial charge in [0.2, 0.25) is 15.9 Å². The van der Waals surface area contributed by atoms with Crippen molar-refractivity contribution >= 4 is 15.9 Å². The molecule has 1 heterocycles. The first-order valence-electron chi connectivity index (χ1n) is 8.98. The maximum atomic E-state index is 12.8. The molecule has 0 aromatic heterocycles. The Labute approximate surface area is 157 Å². The molecular weight excluding hydrogens is 381 g/mol. The molecule has 3 rings (SSSR count). The Morgan fingerprint density at radius 1 is 1.15 bits per heavy atom. The molecule has 2 aliphatic rings. The summed E-state index contributed by atoms with van der Waals surface area (Å²) in [5.74, 6) is -0.294. The maximum absolute atomic E-state index is 12.8. The predicted octanol–water partition coefficient (Wildman–Crippen LogP) is 2.66. The summed E-state index contributed by atoms with van der Waals surface area (Å²) < 4.78 is 65.0. The third kappa shape index (κ3) is 4.13. The average Bonchev–Trinajstić information content (AvgIpc) is 3.42. The molecule has 1 saturated heterocycles. The number of carbonyl (C=O) groups is 1. The molecule has 0 bridgehead atoms. The number of halogens is 3. The topological polar surface area (TPSA) is 57.7 Å². The van der Waals surface area contributed by atoms with E-state index in [2.05, 4.69) is 0 Å². The molecule has 150 valence electrons. The summed E-state index contributed by atoms with van der Waals surface area (Å²) in [6, 6.07) is 4.03. The Balaban J connectivity index is 1.70. The third-order valence-electron chi connectivity index (χ3n) is 5.41. The first kappa shape index (κ1) is 20.1. The van der Waals surface area contributed by atoms with Crippen molar-refractivity contribution in [3.8, 4) is 0 Å². The smallest absolute Gasteiger partial charge is 0.337 e. The fourth-order valence-corrected chi connectivity index (χ4v) is 5.61. The first-order valence-corrected chi connectivity index (χ1v) is 10.5. The minimum atomic E-state index is -4.45. The van der Waals surface area contributed by atoms with Gasteiger partial charge in [-0.05, 0) is 38.3 Å². The number of carbonyl (C=O) groups excluding carboxylic acids is 1. The number of alkyl halides is 3. The monoisotopic (exact) mass is 404 g/mol. The number of hydrogen-bond donors (Lipinski definition) is 0. The Morgan fingerprint density at radius 3 is 2.41 bits per heavy atom. The molecule has 1 aliphatic carbocycles. The van der Waals surface area contributed by atoms with Crippen molar-refractivity contribution in [2.45, 2.75) is 56.6 Å². The van der Waals surface area contributed by atoms with Crippen LogP contribution in [0.1, 0.15) is 37.8 Å². The molecule has 5 nitrogen and oxygen atoms in total. The van der Waals surface area contributed by atoms with E-state index in [4.69, 9.17) is 0 Å². The van der Waals surface area contributed by atoms with Crippen molar-refractivity contribution in [1.29, 1.82) is 0 Å². The molecule has 1 aromatic carbocycles. The molecule has 1 aliphatic heterocycles. The molecule has 0 N–H and O–H groups in total. The van der Waals surface area contributed by atoms with Gasteiger partial charge in [0.1, 0.15) is 0 Å². The molecule has 0 unspecified atom stereocenters. The standard InChI is InChI=1S/C18H23F3N2O3S/c1-12-13(2)23(27(25,26)16-6-7-16)9-8-22(12)17(24)11-14-4-3-5-15(10-14)18(19,20)21/h3-5,10,12-13,16H,6-9,11H2,1-2H3/t12-,13-/m1/s1. The lowest BCUT2D eigenvalue weighted by molar-refractivity contribution is -0.138. The minimum absolute atomic E-state index is 0.143. The summed E-state index contributed by atoms with van der Waals surface area (Å²) in [7, 11) is -3.33. The Bertz CT molecular complexity index is 821. The summed E-state index contributed by atoms with van der Waals surface area (Å²) in [5, 5.41) is -0.306. The highest BCUT2D eigenvalue weighted by Crippen LogP contribution is 2.34. The van der Waals surface area contributed by atoms with E-state index in [1.54, 1.807) is 18.7 Å². The van der Waals surface area contributed by atoms with Gasteiger partial charge in [-0.15, -0.1) is 0 Å². The quantitative estimate of drug-likeness (QED) is 0.775. The zero-order valence-corrected chi connectivity index (χ0v) is 16.1. The fourth-order valence-electron chi connectivity index (χ4n) is 3.52. The van der Waals surface area contributed by atoms with E-state index >= 15 is 0 Å². The largest absolute Gasteiger partial charge is 0.416 e. The highest BCUT2D eigenvalue weighted by molar-refractivity contribution is 7.90. The molecule has 2 fully saturated rings. The molecule has 1 amide bonds. The second-order valence-electron chi connectivity index (χ2n) is 7.30.